The van der Waals surface area contributed by atoms with Gasteiger partial charge in [0.15, 0.2) is 5.60 Å². The van der Waals surface area contributed by atoms with Crippen molar-refractivity contribution in [1.82, 2.24) is 5.06 Å². The summed E-state index contributed by atoms with van der Waals surface area (Å²) in [5.41, 5.74) is 0.452. The average Bonchev–Trinajstić information content (AvgIpc) is 2.96. The summed E-state index contributed by atoms with van der Waals surface area (Å²) < 4.78 is 5.94. The molecule has 0 spiro atoms. The van der Waals surface area contributed by atoms with Crippen molar-refractivity contribution in [2.24, 2.45) is 10.9 Å². The molecule has 0 aromatic heterocycles. The van der Waals surface area contributed by atoms with Crippen LogP contribution in [0.15, 0.2) is 29.3 Å². The minimum absolute atomic E-state index is 0.0411. The maximum Gasteiger partial charge on any atom is 0.221 e. The molecule has 0 N–H and O–H groups in total. The Kier molecular flexibility index (Phi) is 4.44. The van der Waals surface area contributed by atoms with Crippen LogP contribution in [0.25, 0.3) is 0 Å². The van der Waals surface area contributed by atoms with Gasteiger partial charge in [-0.2, -0.15) is 5.06 Å². The molecule has 0 amide bonds. The largest absolute Gasteiger partial charge is 0.477 e. The van der Waals surface area contributed by atoms with Crippen molar-refractivity contribution in [3.63, 3.8) is 0 Å². The van der Waals surface area contributed by atoms with Crippen LogP contribution in [0.2, 0.25) is 5.02 Å². The van der Waals surface area contributed by atoms with E-state index in [0.717, 1.165) is 10.6 Å². The quantitative estimate of drug-likeness (QED) is 0.796. The summed E-state index contributed by atoms with van der Waals surface area (Å²) in [4.78, 5) is 11.1. The number of hydroxylamine groups is 2. The molecule has 0 saturated carbocycles. The molecule has 132 valence electrons. The normalized spacial score (nSPS) is 30.9. The van der Waals surface area contributed by atoms with Gasteiger partial charge < -0.3 is 4.74 Å². The zero-order valence-corrected chi connectivity index (χ0v) is 16.1. The third-order valence-electron chi connectivity index (χ3n) is 4.76. The molecule has 3 unspecified atom stereocenters. The number of halogens is 1. The van der Waals surface area contributed by atoms with Crippen molar-refractivity contribution in [3.8, 4) is 0 Å². The summed E-state index contributed by atoms with van der Waals surface area (Å²) in [5, 5.41) is 2.77. The van der Waals surface area contributed by atoms with E-state index in [1.807, 2.05) is 17.2 Å². The molecule has 1 fully saturated rings. The fourth-order valence-electron chi connectivity index (χ4n) is 3.26. The fraction of sp³-hybridized carbons (Fsp3) is 0.632. The Morgan fingerprint density at radius 3 is 2.38 bits per heavy atom. The van der Waals surface area contributed by atoms with Crippen molar-refractivity contribution < 1.29 is 9.57 Å². The van der Waals surface area contributed by atoms with Gasteiger partial charge in [0.1, 0.15) is 12.6 Å². The summed E-state index contributed by atoms with van der Waals surface area (Å²) in [5.74, 6) is 1.17. The van der Waals surface area contributed by atoms with Gasteiger partial charge in [0.05, 0.1) is 6.04 Å². The maximum absolute atomic E-state index is 6.24. The van der Waals surface area contributed by atoms with Gasteiger partial charge >= 0.3 is 0 Å². The van der Waals surface area contributed by atoms with Crippen molar-refractivity contribution >= 4 is 17.5 Å². The van der Waals surface area contributed by atoms with Gasteiger partial charge in [0.2, 0.25) is 5.90 Å². The third-order valence-corrected chi connectivity index (χ3v) is 5.01. The molecule has 24 heavy (non-hydrogen) atoms. The zero-order valence-electron chi connectivity index (χ0n) is 15.3. The van der Waals surface area contributed by atoms with Crippen molar-refractivity contribution in [1.29, 1.82) is 0 Å². The average molecular weight is 351 g/mol. The molecule has 3 atom stereocenters. The van der Waals surface area contributed by atoms with Crippen molar-refractivity contribution in [2.45, 2.75) is 64.8 Å². The predicted molar refractivity (Wildman–Crippen MR) is 97.3 cm³/mol. The Hall–Kier alpha value is -1.10. The molecule has 3 rings (SSSR count). The van der Waals surface area contributed by atoms with Crippen LogP contribution in [-0.2, 0) is 9.57 Å². The Balaban J connectivity index is 1.95. The summed E-state index contributed by atoms with van der Waals surface area (Å²) in [6.07, 6.45) is 0. The van der Waals surface area contributed by atoms with Crippen molar-refractivity contribution in [2.75, 3.05) is 6.61 Å². The van der Waals surface area contributed by atoms with Gasteiger partial charge in [-0.1, -0.05) is 37.6 Å². The van der Waals surface area contributed by atoms with Gasteiger partial charge in [-0.3, -0.25) is 4.84 Å². The van der Waals surface area contributed by atoms with Crippen LogP contribution in [0.5, 0.6) is 0 Å². The Morgan fingerprint density at radius 2 is 1.88 bits per heavy atom. The highest BCUT2D eigenvalue weighted by Gasteiger charge is 2.60. The fourth-order valence-corrected chi connectivity index (χ4v) is 3.39. The first-order valence-corrected chi connectivity index (χ1v) is 8.96. The molecule has 0 bridgehead atoms. The minimum Gasteiger partial charge on any atom is -0.477 e. The monoisotopic (exact) mass is 350 g/mol. The number of hydrogen-bond donors (Lipinski definition) is 0. The van der Waals surface area contributed by atoms with Crippen LogP contribution < -0.4 is 0 Å². The van der Waals surface area contributed by atoms with Gasteiger partial charge in [-0.25, -0.2) is 4.99 Å². The highest BCUT2D eigenvalue weighted by atomic mass is 35.5. The van der Waals surface area contributed by atoms with Crippen molar-refractivity contribution in [3.05, 3.63) is 34.9 Å². The van der Waals surface area contributed by atoms with E-state index in [-0.39, 0.29) is 17.6 Å². The smallest absolute Gasteiger partial charge is 0.221 e. The van der Waals surface area contributed by atoms with E-state index < -0.39 is 5.60 Å². The number of rotatable bonds is 3. The molecule has 0 radical (unpaired) electrons. The van der Waals surface area contributed by atoms with Gasteiger partial charge in [-0.05, 0) is 51.3 Å². The van der Waals surface area contributed by atoms with E-state index in [9.17, 15) is 0 Å². The molecule has 1 aromatic carbocycles. The van der Waals surface area contributed by atoms with Gasteiger partial charge in [-0.15, -0.1) is 0 Å². The van der Waals surface area contributed by atoms with E-state index in [0.29, 0.717) is 18.4 Å². The van der Waals surface area contributed by atoms with Crippen LogP contribution in [0.1, 0.15) is 53.1 Å². The SMILES string of the molecule is CC(C)C1COC(C2(C)ON(C(C)(C)C)C2c2ccc(Cl)cc2)=N1. The van der Waals surface area contributed by atoms with Crippen LogP contribution in [0.4, 0.5) is 0 Å². The first kappa shape index (κ1) is 17.7. The second-order valence-electron chi connectivity index (χ2n) is 8.21. The molecule has 1 saturated heterocycles. The molecule has 0 aliphatic carbocycles. The first-order chi connectivity index (χ1) is 11.1. The summed E-state index contributed by atoms with van der Waals surface area (Å²) >= 11 is 6.06. The number of nitrogens with zero attached hydrogens (tertiary/aromatic N) is 2. The second kappa shape index (κ2) is 6.01. The highest BCUT2D eigenvalue weighted by Crippen LogP contribution is 2.50. The van der Waals surface area contributed by atoms with E-state index in [4.69, 9.17) is 26.2 Å². The molecule has 2 aliphatic heterocycles. The maximum atomic E-state index is 6.24. The first-order valence-electron chi connectivity index (χ1n) is 8.58. The molecule has 2 heterocycles. The Bertz CT molecular complexity index is 636. The minimum atomic E-state index is -0.579. The summed E-state index contributed by atoms with van der Waals surface area (Å²) in [6.45, 7) is 13.5. The lowest BCUT2D eigenvalue weighted by molar-refractivity contribution is -0.399. The van der Waals surface area contributed by atoms with E-state index in [2.05, 4.69) is 53.7 Å². The lowest BCUT2D eigenvalue weighted by Gasteiger charge is -2.58. The number of aliphatic imine (C=N–C) groups is 1. The predicted octanol–water partition coefficient (Wildman–Crippen LogP) is 4.64. The molecule has 5 heteroatoms. The van der Waals surface area contributed by atoms with E-state index in [1.54, 1.807) is 0 Å². The van der Waals surface area contributed by atoms with Crippen LogP contribution in [0.3, 0.4) is 0 Å². The summed E-state index contributed by atoms with van der Waals surface area (Å²) in [6, 6.07) is 8.20. The lowest BCUT2D eigenvalue weighted by Crippen LogP contribution is -2.68. The van der Waals surface area contributed by atoms with Gasteiger partial charge in [0, 0.05) is 10.6 Å². The van der Waals surface area contributed by atoms with Crippen LogP contribution in [-0.4, -0.2) is 34.7 Å². The number of benzene rings is 1. The molecular weight excluding hydrogens is 324 g/mol. The molecule has 2 aliphatic rings. The second-order valence-corrected chi connectivity index (χ2v) is 8.64. The topological polar surface area (TPSA) is 34.1 Å². The third kappa shape index (κ3) is 2.96. The van der Waals surface area contributed by atoms with E-state index >= 15 is 0 Å². The number of ether oxygens (including phenoxy) is 1. The lowest BCUT2D eigenvalue weighted by atomic mass is 9.84. The standard InChI is InChI=1S/C19H27ClN2O2/c1-12(2)15-11-23-17(21-15)19(6)16(22(24-19)18(3,4)5)13-7-9-14(20)10-8-13/h7-10,12,15-16H,11H2,1-6H3. The molecular formula is C19H27ClN2O2. The Labute approximate surface area is 149 Å². The Morgan fingerprint density at radius 1 is 1.25 bits per heavy atom. The number of hydrogen-bond acceptors (Lipinski definition) is 4. The highest BCUT2D eigenvalue weighted by molar-refractivity contribution is 6.30. The van der Waals surface area contributed by atoms with Crippen LogP contribution in [0, 0.1) is 5.92 Å². The zero-order chi connectivity index (χ0) is 17.7. The summed E-state index contributed by atoms with van der Waals surface area (Å²) in [7, 11) is 0. The molecule has 4 nitrogen and oxygen atoms in total. The van der Waals surface area contributed by atoms with Crippen LogP contribution >= 0.6 is 11.6 Å². The molecule has 1 aromatic rings. The van der Waals surface area contributed by atoms with Gasteiger partial charge in [0.25, 0.3) is 0 Å². The van der Waals surface area contributed by atoms with E-state index in [1.165, 1.54) is 0 Å².